The van der Waals surface area contributed by atoms with Crippen molar-refractivity contribution in [1.82, 2.24) is 4.98 Å². The summed E-state index contributed by atoms with van der Waals surface area (Å²) in [5.41, 5.74) is 3.50. The lowest BCUT2D eigenvalue weighted by atomic mass is 10.1. The molecule has 0 aliphatic rings. The van der Waals surface area contributed by atoms with Crippen LogP contribution in [0, 0.1) is 0 Å². The Bertz CT molecular complexity index is 925. The fraction of sp³-hybridized carbons (Fsp3) is 0.333. The van der Waals surface area contributed by atoms with Crippen LogP contribution in [0.1, 0.15) is 34.5 Å². The molecule has 1 aromatic heterocycles. The predicted octanol–water partition coefficient (Wildman–Crippen LogP) is 4.58. The highest BCUT2D eigenvalue weighted by atomic mass is 16.5. The molecule has 152 valence electrons. The van der Waals surface area contributed by atoms with Gasteiger partial charge in [-0.25, -0.2) is 4.79 Å². The van der Waals surface area contributed by atoms with Gasteiger partial charge in [-0.3, -0.25) is 4.98 Å². The molecular weight excluding hydrogens is 366 g/mol. The molecule has 3 rings (SSSR count). The molecule has 0 aliphatic carbocycles. The van der Waals surface area contributed by atoms with Crippen LogP contribution < -0.4 is 0 Å². The van der Waals surface area contributed by atoms with Crippen molar-refractivity contribution < 1.29 is 19.0 Å². The first kappa shape index (κ1) is 21.0. The summed E-state index contributed by atoms with van der Waals surface area (Å²) in [6, 6.07) is 19.6. The molecule has 0 saturated heterocycles. The molecule has 0 amide bonds. The number of esters is 1. The zero-order valence-electron chi connectivity index (χ0n) is 16.8. The van der Waals surface area contributed by atoms with Crippen molar-refractivity contribution in [3.63, 3.8) is 0 Å². The molecule has 0 fully saturated rings. The van der Waals surface area contributed by atoms with Crippen LogP contribution in [0.15, 0.2) is 60.7 Å². The van der Waals surface area contributed by atoms with Gasteiger partial charge in [0.15, 0.2) is 0 Å². The molecule has 0 unspecified atom stereocenters. The van der Waals surface area contributed by atoms with Gasteiger partial charge in [0.25, 0.3) is 0 Å². The number of nitrogens with zero attached hydrogens (tertiary/aromatic N) is 1. The van der Waals surface area contributed by atoms with Gasteiger partial charge in [0.2, 0.25) is 0 Å². The van der Waals surface area contributed by atoms with Crippen LogP contribution in [0.3, 0.4) is 0 Å². The largest absolute Gasteiger partial charge is 0.465 e. The Labute approximate surface area is 171 Å². The lowest BCUT2D eigenvalue weighted by molar-refractivity contribution is 0.0598. The van der Waals surface area contributed by atoms with Gasteiger partial charge in [0, 0.05) is 18.6 Å². The Kier molecular flexibility index (Phi) is 8.16. The fourth-order valence-corrected chi connectivity index (χ4v) is 3.11. The minimum absolute atomic E-state index is 0.307. The van der Waals surface area contributed by atoms with Crippen LogP contribution in [-0.2, 0) is 27.2 Å². The van der Waals surface area contributed by atoms with Crippen molar-refractivity contribution in [2.45, 2.75) is 25.9 Å². The van der Waals surface area contributed by atoms with Crippen LogP contribution >= 0.6 is 0 Å². The summed E-state index contributed by atoms with van der Waals surface area (Å²) in [5.74, 6) is -0.307. The van der Waals surface area contributed by atoms with Crippen molar-refractivity contribution in [2.24, 2.45) is 0 Å². The highest BCUT2D eigenvalue weighted by Crippen LogP contribution is 2.13. The topological polar surface area (TPSA) is 57.7 Å². The lowest BCUT2D eigenvalue weighted by Crippen LogP contribution is -2.08. The Morgan fingerprint density at radius 3 is 2.48 bits per heavy atom. The Morgan fingerprint density at radius 2 is 1.62 bits per heavy atom. The lowest BCUT2D eigenvalue weighted by Gasteiger charge is -2.09. The number of methoxy groups -OCH3 is 1. The number of ether oxygens (including phenoxy) is 3. The summed E-state index contributed by atoms with van der Waals surface area (Å²) in [4.78, 5) is 16.4. The molecule has 5 nitrogen and oxygen atoms in total. The molecule has 0 atom stereocenters. The summed E-state index contributed by atoms with van der Waals surface area (Å²) in [6.07, 6.45) is 2.56. The predicted molar refractivity (Wildman–Crippen MR) is 113 cm³/mol. The van der Waals surface area contributed by atoms with Gasteiger partial charge in [0.1, 0.15) is 0 Å². The number of carbonyl (C=O) groups is 1. The number of pyridine rings is 1. The van der Waals surface area contributed by atoms with E-state index in [1.54, 1.807) is 6.07 Å². The molecule has 0 spiro atoms. The second-order valence-electron chi connectivity index (χ2n) is 6.77. The number of unbranched alkanes of at least 4 members (excludes halogenated alkanes) is 1. The molecule has 0 radical (unpaired) electrons. The zero-order chi connectivity index (χ0) is 20.3. The average Bonchev–Trinajstić information content (AvgIpc) is 2.77. The Morgan fingerprint density at radius 1 is 0.862 bits per heavy atom. The summed E-state index contributed by atoms with van der Waals surface area (Å²) >= 11 is 0. The fourth-order valence-electron chi connectivity index (χ4n) is 3.11. The summed E-state index contributed by atoms with van der Waals surface area (Å²) in [6.45, 7) is 2.47. The minimum Gasteiger partial charge on any atom is -0.465 e. The third-order valence-corrected chi connectivity index (χ3v) is 4.67. The molecule has 0 N–H and O–H groups in total. The van der Waals surface area contributed by atoms with Crippen molar-refractivity contribution >= 4 is 16.9 Å². The first-order chi connectivity index (χ1) is 14.3. The number of rotatable bonds is 11. The normalized spacial score (nSPS) is 10.9. The standard InChI is InChI=1S/C24H27NO4/c1-27-24(26)22-10-4-2-8-19(22)14-17-28-15-6-7-16-29-18-21-13-12-20-9-3-5-11-23(20)25-21/h2-5,8-13H,6-7,14-18H2,1H3. The third-order valence-electron chi connectivity index (χ3n) is 4.67. The SMILES string of the molecule is COC(=O)c1ccccc1CCOCCCCOCc1ccc2ccccc2n1. The highest BCUT2D eigenvalue weighted by Gasteiger charge is 2.10. The monoisotopic (exact) mass is 393 g/mol. The molecule has 0 bridgehead atoms. The Hall–Kier alpha value is -2.76. The van der Waals surface area contributed by atoms with E-state index in [1.807, 2.05) is 42.5 Å². The van der Waals surface area contributed by atoms with E-state index in [1.165, 1.54) is 7.11 Å². The first-order valence-corrected chi connectivity index (χ1v) is 9.94. The number of aromatic nitrogens is 1. The molecule has 0 aliphatic heterocycles. The summed E-state index contributed by atoms with van der Waals surface area (Å²) in [5, 5.41) is 1.14. The van der Waals surface area contributed by atoms with Crippen LogP contribution in [0.5, 0.6) is 0 Å². The number of carbonyl (C=O) groups excluding carboxylic acids is 1. The highest BCUT2D eigenvalue weighted by molar-refractivity contribution is 5.90. The molecule has 3 aromatic rings. The van der Waals surface area contributed by atoms with Crippen LogP contribution in [-0.4, -0.2) is 37.9 Å². The quantitative estimate of drug-likeness (QED) is 0.353. The van der Waals surface area contributed by atoms with Crippen molar-refractivity contribution in [3.8, 4) is 0 Å². The first-order valence-electron chi connectivity index (χ1n) is 9.94. The molecule has 1 heterocycles. The van der Waals surface area contributed by atoms with E-state index < -0.39 is 0 Å². The van der Waals surface area contributed by atoms with E-state index in [2.05, 4.69) is 17.1 Å². The zero-order valence-corrected chi connectivity index (χ0v) is 16.8. The van der Waals surface area contributed by atoms with E-state index in [0.717, 1.165) is 35.0 Å². The summed E-state index contributed by atoms with van der Waals surface area (Å²) < 4.78 is 16.2. The van der Waals surface area contributed by atoms with Gasteiger partial charge < -0.3 is 14.2 Å². The number of para-hydroxylation sites is 1. The van der Waals surface area contributed by atoms with E-state index in [0.29, 0.717) is 38.4 Å². The maximum Gasteiger partial charge on any atom is 0.338 e. The van der Waals surface area contributed by atoms with Gasteiger partial charge in [0.05, 0.1) is 37.1 Å². The van der Waals surface area contributed by atoms with Crippen molar-refractivity contribution in [2.75, 3.05) is 26.9 Å². The Balaban J connectivity index is 1.27. The van der Waals surface area contributed by atoms with Gasteiger partial charge in [-0.2, -0.15) is 0 Å². The van der Waals surface area contributed by atoms with Gasteiger partial charge in [-0.05, 0) is 43.0 Å². The average molecular weight is 393 g/mol. The van der Waals surface area contributed by atoms with E-state index >= 15 is 0 Å². The van der Waals surface area contributed by atoms with Crippen LogP contribution in [0.25, 0.3) is 10.9 Å². The van der Waals surface area contributed by atoms with Gasteiger partial charge in [-0.1, -0.05) is 42.5 Å². The summed E-state index contributed by atoms with van der Waals surface area (Å²) in [7, 11) is 1.40. The number of benzene rings is 2. The van der Waals surface area contributed by atoms with E-state index in [4.69, 9.17) is 14.2 Å². The van der Waals surface area contributed by atoms with Crippen LogP contribution in [0.2, 0.25) is 0 Å². The van der Waals surface area contributed by atoms with Crippen LogP contribution in [0.4, 0.5) is 0 Å². The number of hydrogen-bond acceptors (Lipinski definition) is 5. The maximum absolute atomic E-state index is 11.8. The molecular formula is C24H27NO4. The second-order valence-corrected chi connectivity index (χ2v) is 6.77. The van der Waals surface area contributed by atoms with E-state index in [-0.39, 0.29) is 5.97 Å². The number of fused-ring (bicyclic) bond motifs is 1. The molecule has 29 heavy (non-hydrogen) atoms. The van der Waals surface area contributed by atoms with Gasteiger partial charge in [-0.15, -0.1) is 0 Å². The minimum atomic E-state index is -0.307. The molecule has 2 aromatic carbocycles. The smallest absolute Gasteiger partial charge is 0.338 e. The number of hydrogen-bond donors (Lipinski definition) is 0. The molecule has 0 saturated carbocycles. The maximum atomic E-state index is 11.8. The van der Waals surface area contributed by atoms with Crippen molar-refractivity contribution in [3.05, 3.63) is 77.5 Å². The van der Waals surface area contributed by atoms with Gasteiger partial charge >= 0.3 is 5.97 Å². The third kappa shape index (κ3) is 6.38. The second kappa shape index (κ2) is 11.3. The van der Waals surface area contributed by atoms with Crippen molar-refractivity contribution in [1.29, 1.82) is 0 Å². The molecule has 5 heteroatoms. The van der Waals surface area contributed by atoms with E-state index in [9.17, 15) is 4.79 Å².